The highest BCUT2D eigenvalue weighted by Crippen LogP contribution is 2.45. The number of aliphatic carboxylic acids is 2. The van der Waals surface area contributed by atoms with Gasteiger partial charge in [-0.05, 0) is 98.1 Å². The number of hydrogen-bond donors (Lipinski definition) is 4. The van der Waals surface area contributed by atoms with Gasteiger partial charge in [0.05, 0.1) is 23.2 Å². The highest BCUT2D eigenvalue weighted by atomic mass is 16.6. The lowest BCUT2D eigenvalue weighted by Crippen LogP contribution is -2.69. The minimum absolute atomic E-state index is 0.00676. The summed E-state index contributed by atoms with van der Waals surface area (Å²) in [6.45, 7) is 18.6. The second-order valence-corrected chi connectivity index (χ2v) is 16.7. The number of nitrogens with one attached hydrogen (secondary N) is 2. The minimum Gasteiger partial charge on any atom is -0.484 e. The quantitative estimate of drug-likeness (QED) is 0.106. The number of anilines is 1. The van der Waals surface area contributed by atoms with Gasteiger partial charge in [-0.15, -0.1) is 0 Å². The van der Waals surface area contributed by atoms with Crippen molar-refractivity contribution in [1.29, 1.82) is 5.41 Å². The fourth-order valence-electron chi connectivity index (χ4n) is 5.91. The molecule has 2 aromatic carbocycles. The number of rotatable bonds is 6. The lowest BCUT2D eigenvalue weighted by molar-refractivity contribution is -0.169. The zero-order chi connectivity index (χ0) is 41.4. The summed E-state index contributed by atoms with van der Waals surface area (Å²) in [5.74, 6) is -5.86. The van der Waals surface area contributed by atoms with E-state index in [1.165, 1.54) is 57.2 Å². The second kappa shape index (κ2) is 15.0. The lowest BCUT2D eigenvalue weighted by atomic mass is 9.68. The first-order chi connectivity index (χ1) is 24.5. The Morgan fingerprint density at radius 3 is 1.96 bits per heavy atom. The Bertz CT molecular complexity index is 1860. The normalized spacial score (nSPS) is 14.3. The first-order valence-electron chi connectivity index (χ1n) is 17.0. The van der Waals surface area contributed by atoms with Crippen molar-refractivity contribution in [1.82, 2.24) is 10.2 Å². The van der Waals surface area contributed by atoms with E-state index in [-0.39, 0.29) is 33.9 Å². The number of carbonyl (C=O) groups is 6. The van der Waals surface area contributed by atoms with Crippen LogP contribution < -0.4 is 19.7 Å². The van der Waals surface area contributed by atoms with Gasteiger partial charge in [0, 0.05) is 11.1 Å². The summed E-state index contributed by atoms with van der Waals surface area (Å²) in [5, 5.41) is 31.4. The number of alkyl carbamates (subject to hydrolysis) is 1. The third-order valence-electron chi connectivity index (χ3n) is 8.03. The Hall–Kier alpha value is -5.67. The molecule has 4 N–H and O–H groups in total. The molecule has 0 saturated heterocycles. The van der Waals surface area contributed by atoms with Crippen LogP contribution in [0.5, 0.6) is 11.5 Å². The maximum atomic E-state index is 14.7. The van der Waals surface area contributed by atoms with Crippen molar-refractivity contribution in [2.45, 2.75) is 118 Å². The van der Waals surface area contributed by atoms with Crippen LogP contribution in [0.1, 0.15) is 116 Å². The molecule has 3 amide bonds. The third kappa shape index (κ3) is 9.46. The van der Waals surface area contributed by atoms with Crippen LogP contribution in [0.4, 0.5) is 15.3 Å². The first-order valence-corrected chi connectivity index (χ1v) is 17.0. The van der Waals surface area contributed by atoms with Gasteiger partial charge < -0.3 is 34.1 Å². The predicted molar refractivity (Wildman–Crippen MR) is 196 cm³/mol. The average molecular weight is 755 g/mol. The van der Waals surface area contributed by atoms with Gasteiger partial charge in [0.1, 0.15) is 17.8 Å². The van der Waals surface area contributed by atoms with E-state index in [0.717, 1.165) is 9.80 Å². The Morgan fingerprint density at radius 2 is 1.46 bits per heavy atom. The average Bonchev–Trinajstić information content (AvgIpc) is 2.95. The molecule has 54 heavy (non-hydrogen) atoms. The molecule has 0 spiro atoms. The number of carbonyl (C=O) groups excluding carboxylic acids is 4. The monoisotopic (exact) mass is 754 g/mol. The SMILES string of the molecule is CC(C)(C)OC(=O)NC(=N)N(C(=O)OC(C)(C)C)c1ccc2c(c1)COc1c(cccc1C(=O)N(C(C)(C)C)[C@@](CC(=O)O)(C(=O)O)C(C)(C)C)OC2=O. The maximum absolute atomic E-state index is 14.7. The van der Waals surface area contributed by atoms with E-state index in [2.05, 4.69) is 5.32 Å². The number of amides is 3. The van der Waals surface area contributed by atoms with Gasteiger partial charge >= 0.3 is 30.1 Å². The third-order valence-corrected chi connectivity index (χ3v) is 8.03. The zero-order valence-corrected chi connectivity index (χ0v) is 32.7. The van der Waals surface area contributed by atoms with E-state index in [1.54, 1.807) is 62.3 Å². The van der Waals surface area contributed by atoms with Crippen LogP contribution >= 0.6 is 0 Å². The van der Waals surface area contributed by atoms with E-state index in [4.69, 9.17) is 24.4 Å². The number of para-hydroxylation sites is 1. The van der Waals surface area contributed by atoms with Crippen molar-refractivity contribution in [2.75, 3.05) is 4.90 Å². The van der Waals surface area contributed by atoms with Crippen LogP contribution in [0.25, 0.3) is 0 Å². The van der Waals surface area contributed by atoms with Crippen molar-refractivity contribution in [3.63, 3.8) is 0 Å². The standard InChI is InChI=1S/C38H50N4O12/c1-34(2,3)38(30(47)48,19-26(43)44)42(35(4,5)6)28(45)24-14-13-15-25-27(24)51-20-21-18-22(16-17-23(21)29(46)52-25)41(33(50)54-37(10,11)12)31(39)40-32(49)53-36(7,8)9/h13-18H,19-20H2,1-12H3,(H,43,44)(H,47,48)(H2,39,40,49)/t38-/m0/s1. The number of esters is 1. The highest BCUT2D eigenvalue weighted by molar-refractivity contribution is 6.16. The molecule has 3 rings (SSSR count). The van der Waals surface area contributed by atoms with Crippen molar-refractivity contribution in [3.8, 4) is 11.5 Å². The molecule has 2 aromatic rings. The van der Waals surface area contributed by atoms with Gasteiger partial charge in [-0.1, -0.05) is 26.8 Å². The molecule has 0 unspecified atom stereocenters. The van der Waals surface area contributed by atoms with Crippen molar-refractivity contribution >= 4 is 47.6 Å². The van der Waals surface area contributed by atoms with E-state index in [0.29, 0.717) is 0 Å². The van der Waals surface area contributed by atoms with Crippen molar-refractivity contribution in [3.05, 3.63) is 53.1 Å². The molecule has 294 valence electrons. The van der Waals surface area contributed by atoms with Gasteiger partial charge in [0.2, 0.25) is 5.96 Å². The molecule has 0 aliphatic carbocycles. The largest absolute Gasteiger partial charge is 0.484 e. The van der Waals surface area contributed by atoms with E-state index in [1.807, 2.05) is 0 Å². The molecule has 16 nitrogen and oxygen atoms in total. The molecule has 0 aromatic heterocycles. The van der Waals surface area contributed by atoms with Crippen molar-refractivity contribution < 1.29 is 57.9 Å². The van der Waals surface area contributed by atoms with Crippen LogP contribution in [0.3, 0.4) is 0 Å². The molecule has 1 atom stereocenters. The predicted octanol–water partition coefficient (Wildman–Crippen LogP) is 6.58. The summed E-state index contributed by atoms with van der Waals surface area (Å²) in [5.41, 5.74) is -6.85. The molecule has 16 heteroatoms. The van der Waals surface area contributed by atoms with Crippen LogP contribution in [-0.2, 0) is 25.7 Å². The number of carboxylic acids is 2. The molecule has 1 aliphatic rings. The summed E-state index contributed by atoms with van der Waals surface area (Å²) in [7, 11) is 0. The molecule has 0 bridgehead atoms. The second-order valence-electron chi connectivity index (χ2n) is 16.7. The number of ether oxygens (including phenoxy) is 4. The van der Waals surface area contributed by atoms with Gasteiger partial charge in [-0.3, -0.25) is 20.3 Å². The molecule has 1 heterocycles. The number of carboxylic acid groups (broad SMARTS) is 2. The van der Waals surface area contributed by atoms with Gasteiger partial charge in [0.15, 0.2) is 17.0 Å². The Kier molecular flexibility index (Phi) is 11.9. The maximum Gasteiger partial charge on any atom is 0.421 e. The van der Waals surface area contributed by atoms with E-state index >= 15 is 0 Å². The molecule has 0 fully saturated rings. The van der Waals surface area contributed by atoms with Crippen LogP contribution in [0.2, 0.25) is 0 Å². The fraction of sp³-hybridized carbons (Fsp3) is 0.500. The smallest absolute Gasteiger partial charge is 0.421 e. The zero-order valence-electron chi connectivity index (χ0n) is 32.7. The summed E-state index contributed by atoms with van der Waals surface area (Å²) in [6, 6.07) is 8.13. The number of benzene rings is 2. The number of nitrogens with zero attached hydrogens (tertiary/aromatic N) is 2. The summed E-state index contributed by atoms with van der Waals surface area (Å²) >= 11 is 0. The van der Waals surface area contributed by atoms with Gasteiger partial charge in [-0.2, -0.15) is 0 Å². The van der Waals surface area contributed by atoms with Gasteiger partial charge in [-0.25, -0.2) is 24.1 Å². The van der Waals surface area contributed by atoms with Crippen LogP contribution in [0, 0.1) is 10.8 Å². The minimum atomic E-state index is -2.26. The molecule has 0 radical (unpaired) electrons. The molecule has 1 aliphatic heterocycles. The van der Waals surface area contributed by atoms with E-state index < -0.39 is 82.7 Å². The Balaban J connectivity index is 2.17. The summed E-state index contributed by atoms with van der Waals surface area (Å²) < 4.78 is 22.6. The Labute approximate surface area is 314 Å². The van der Waals surface area contributed by atoms with Crippen LogP contribution in [0.15, 0.2) is 36.4 Å². The summed E-state index contributed by atoms with van der Waals surface area (Å²) in [4.78, 5) is 81.4. The van der Waals surface area contributed by atoms with Crippen LogP contribution in [-0.4, -0.2) is 79.4 Å². The topological polar surface area (TPSA) is 222 Å². The van der Waals surface area contributed by atoms with Gasteiger partial charge in [0.25, 0.3) is 5.91 Å². The highest BCUT2D eigenvalue weighted by Gasteiger charge is 2.59. The Morgan fingerprint density at radius 1 is 0.870 bits per heavy atom. The molecule has 0 saturated carbocycles. The molecular formula is C38H50N4O12. The first kappa shape index (κ1) is 42.7. The molecular weight excluding hydrogens is 704 g/mol. The number of fused-ring (bicyclic) bond motifs is 2. The van der Waals surface area contributed by atoms with Crippen molar-refractivity contribution in [2.24, 2.45) is 5.41 Å². The number of hydrogen-bond acceptors (Lipinski definition) is 11. The van der Waals surface area contributed by atoms with E-state index in [9.17, 15) is 39.0 Å². The summed E-state index contributed by atoms with van der Waals surface area (Å²) in [6.07, 6.45) is -2.98. The fourth-order valence-corrected chi connectivity index (χ4v) is 5.91. The lowest BCUT2D eigenvalue weighted by Gasteiger charge is -2.53. The number of guanidine groups is 1.